The zero-order valence-electron chi connectivity index (χ0n) is 12.7. The molecule has 4 nitrogen and oxygen atoms in total. The van der Waals surface area contributed by atoms with E-state index in [1.165, 1.54) is 5.69 Å². The number of carbonyl (C=O) groups is 1. The summed E-state index contributed by atoms with van der Waals surface area (Å²) in [5.74, 6) is 0.146. The molecule has 0 aromatic heterocycles. The molecule has 110 valence electrons. The van der Waals surface area contributed by atoms with Crippen LogP contribution in [0.4, 0.5) is 5.69 Å². The van der Waals surface area contributed by atoms with Gasteiger partial charge in [-0.2, -0.15) is 0 Å². The van der Waals surface area contributed by atoms with Gasteiger partial charge in [0.05, 0.1) is 0 Å². The second-order valence-corrected chi connectivity index (χ2v) is 5.83. The molecule has 20 heavy (non-hydrogen) atoms. The van der Waals surface area contributed by atoms with Gasteiger partial charge in [-0.1, -0.05) is 26.0 Å². The van der Waals surface area contributed by atoms with Gasteiger partial charge >= 0.3 is 0 Å². The second kappa shape index (κ2) is 6.75. The van der Waals surface area contributed by atoms with Gasteiger partial charge in [-0.25, -0.2) is 0 Å². The Morgan fingerprint density at radius 3 is 2.30 bits per heavy atom. The number of benzene rings is 1. The van der Waals surface area contributed by atoms with E-state index in [9.17, 15) is 4.79 Å². The first-order valence-electron chi connectivity index (χ1n) is 7.36. The number of piperazine rings is 1. The molecule has 1 fully saturated rings. The van der Waals surface area contributed by atoms with Crippen LogP contribution in [-0.2, 0) is 11.3 Å². The van der Waals surface area contributed by atoms with Crippen molar-refractivity contribution in [3.8, 4) is 0 Å². The van der Waals surface area contributed by atoms with Crippen molar-refractivity contribution in [3.63, 3.8) is 0 Å². The van der Waals surface area contributed by atoms with Crippen LogP contribution < -0.4 is 10.2 Å². The molecule has 4 heteroatoms. The number of hydrogen-bond donors (Lipinski definition) is 1. The van der Waals surface area contributed by atoms with E-state index < -0.39 is 0 Å². The number of anilines is 1. The summed E-state index contributed by atoms with van der Waals surface area (Å²) in [5.41, 5.74) is 2.42. The zero-order valence-corrected chi connectivity index (χ0v) is 12.7. The van der Waals surface area contributed by atoms with E-state index >= 15 is 0 Å². The Morgan fingerprint density at radius 1 is 1.15 bits per heavy atom. The summed E-state index contributed by atoms with van der Waals surface area (Å²) in [4.78, 5) is 16.3. The molecule has 0 spiro atoms. The van der Waals surface area contributed by atoms with Gasteiger partial charge in [0.2, 0.25) is 5.91 Å². The number of nitrogens with zero attached hydrogens (tertiary/aromatic N) is 2. The largest absolute Gasteiger partial charge is 0.369 e. The van der Waals surface area contributed by atoms with Gasteiger partial charge < -0.3 is 15.1 Å². The zero-order chi connectivity index (χ0) is 14.5. The van der Waals surface area contributed by atoms with Crippen LogP contribution >= 0.6 is 0 Å². The van der Waals surface area contributed by atoms with Crippen molar-refractivity contribution in [2.24, 2.45) is 5.92 Å². The summed E-state index contributed by atoms with van der Waals surface area (Å²) >= 11 is 0. The van der Waals surface area contributed by atoms with E-state index in [-0.39, 0.29) is 11.8 Å². The van der Waals surface area contributed by atoms with Crippen molar-refractivity contribution in [2.75, 3.05) is 38.1 Å². The Labute approximate surface area is 121 Å². The minimum absolute atomic E-state index is 0.0413. The standard InChI is InChI=1S/C16H25N3O/c1-13(2)16(20)17-12-14-4-6-15(7-5-14)19-10-8-18(3)9-11-19/h4-7,13H,8-12H2,1-3H3,(H,17,20). The smallest absolute Gasteiger partial charge is 0.222 e. The first-order chi connectivity index (χ1) is 9.56. The van der Waals surface area contributed by atoms with Gasteiger partial charge in [0.25, 0.3) is 0 Å². The number of hydrogen-bond acceptors (Lipinski definition) is 3. The van der Waals surface area contributed by atoms with Crippen molar-refractivity contribution in [1.29, 1.82) is 0 Å². The Morgan fingerprint density at radius 2 is 1.75 bits per heavy atom. The monoisotopic (exact) mass is 275 g/mol. The summed E-state index contributed by atoms with van der Waals surface area (Å²) < 4.78 is 0. The van der Waals surface area contributed by atoms with E-state index in [4.69, 9.17) is 0 Å². The fourth-order valence-electron chi connectivity index (χ4n) is 2.28. The maximum Gasteiger partial charge on any atom is 0.222 e. The fourth-order valence-corrected chi connectivity index (χ4v) is 2.28. The van der Waals surface area contributed by atoms with Crippen LogP contribution in [0.3, 0.4) is 0 Å². The van der Waals surface area contributed by atoms with Gasteiger partial charge in [-0.05, 0) is 24.7 Å². The number of amides is 1. The lowest BCUT2D eigenvalue weighted by Crippen LogP contribution is -2.44. The number of nitrogens with one attached hydrogen (secondary N) is 1. The molecular formula is C16H25N3O. The third-order valence-electron chi connectivity index (χ3n) is 3.80. The molecule has 0 bridgehead atoms. The van der Waals surface area contributed by atoms with E-state index in [1.807, 2.05) is 13.8 Å². The molecule has 0 radical (unpaired) electrons. The SMILES string of the molecule is CC(C)C(=O)NCc1ccc(N2CCN(C)CC2)cc1. The van der Waals surface area contributed by atoms with Crippen LogP contribution in [0.2, 0.25) is 0 Å². The van der Waals surface area contributed by atoms with Crippen LogP contribution in [0.5, 0.6) is 0 Å². The summed E-state index contributed by atoms with van der Waals surface area (Å²) in [6.45, 7) is 8.83. The molecule has 1 amide bonds. The molecule has 1 aliphatic rings. The van der Waals surface area contributed by atoms with E-state index in [2.05, 4.69) is 46.4 Å². The quantitative estimate of drug-likeness (QED) is 0.908. The predicted molar refractivity (Wildman–Crippen MR) is 82.8 cm³/mol. The molecule has 1 saturated heterocycles. The number of likely N-dealkylation sites (N-methyl/N-ethyl adjacent to an activating group) is 1. The maximum absolute atomic E-state index is 11.5. The number of carbonyl (C=O) groups excluding carboxylic acids is 1. The summed E-state index contributed by atoms with van der Waals surface area (Å²) in [7, 11) is 2.16. The topological polar surface area (TPSA) is 35.6 Å². The fraction of sp³-hybridized carbons (Fsp3) is 0.562. The molecule has 0 unspecified atom stereocenters. The Bertz CT molecular complexity index is 434. The Balaban J connectivity index is 1.88. The van der Waals surface area contributed by atoms with E-state index in [0.717, 1.165) is 31.7 Å². The van der Waals surface area contributed by atoms with Crippen LogP contribution in [-0.4, -0.2) is 44.0 Å². The summed E-state index contributed by atoms with van der Waals surface area (Å²) in [5, 5.41) is 2.94. The highest BCUT2D eigenvalue weighted by Gasteiger charge is 2.14. The average Bonchev–Trinajstić information content (AvgIpc) is 2.46. The molecule has 2 rings (SSSR count). The Kier molecular flexibility index (Phi) is 5.01. The minimum Gasteiger partial charge on any atom is -0.369 e. The highest BCUT2D eigenvalue weighted by atomic mass is 16.1. The number of rotatable bonds is 4. The average molecular weight is 275 g/mol. The van der Waals surface area contributed by atoms with Gasteiger partial charge in [-0.15, -0.1) is 0 Å². The molecule has 1 aromatic rings. The molecule has 1 aromatic carbocycles. The predicted octanol–water partition coefficient (Wildman–Crippen LogP) is 1.71. The minimum atomic E-state index is 0.0413. The van der Waals surface area contributed by atoms with Crippen molar-refractivity contribution in [2.45, 2.75) is 20.4 Å². The normalized spacial score (nSPS) is 16.5. The first kappa shape index (κ1) is 14.9. The molecule has 0 aliphatic carbocycles. The van der Waals surface area contributed by atoms with Crippen LogP contribution in [0.15, 0.2) is 24.3 Å². The molecule has 1 aliphatic heterocycles. The van der Waals surface area contributed by atoms with Crippen molar-refractivity contribution in [1.82, 2.24) is 10.2 Å². The van der Waals surface area contributed by atoms with E-state index in [1.54, 1.807) is 0 Å². The maximum atomic E-state index is 11.5. The Hall–Kier alpha value is -1.55. The van der Waals surface area contributed by atoms with Crippen molar-refractivity contribution < 1.29 is 4.79 Å². The molecule has 1 N–H and O–H groups in total. The lowest BCUT2D eigenvalue weighted by molar-refractivity contribution is -0.124. The summed E-state index contributed by atoms with van der Waals surface area (Å²) in [6, 6.07) is 8.52. The van der Waals surface area contributed by atoms with Crippen LogP contribution in [0, 0.1) is 5.92 Å². The van der Waals surface area contributed by atoms with Crippen LogP contribution in [0.25, 0.3) is 0 Å². The van der Waals surface area contributed by atoms with Crippen molar-refractivity contribution >= 4 is 11.6 Å². The molecule has 0 atom stereocenters. The molecule has 0 saturated carbocycles. The third-order valence-corrected chi connectivity index (χ3v) is 3.80. The van der Waals surface area contributed by atoms with Crippen LogP contribution in [0.1, 0.15) is 19.4 Å². The van der Waals surface area contributed by atoms with Gasteiger partial charge in [0.15, 0.2) is 0 Å². The third kappa shape index (κ3) is 3.97. The molecule has 1 heterocycles. The van der Waals surface area contributed by atoms with Crippen molar-refractivity contribution in [3.05, 3.63) is 29.8 Å². The lowest BCUT2D eigenvalue weighted by atomic mass is 10.1. The highest BCUT2D eigenvalue weighted by Crippen LogP contribution is 2.17. The van der Waals surface area contributed by atoms with E-state index in [0.29, 0.717) is 6.54 Å². The highest BCUT2D eigenvalue weighted by molar-refractivity contribution is 5.77. The van der Waals surface area contributed by atoms with Gasteiger partial charge in [0, 0.05) is 44.3 Å². The summed E-state index contributed by atoms with van der Waals surface area (Å²) in [6.07, 6.45) is 0. The second-order valence-electron chi connectivity index (χ2n) is 5.83. The lowest BCUT2D eigenvalue weighted by Gasteiger charge is -2.34. The van der Waals surface area contributed by atoms with Gasteiger partial charge in [-0.3, -0.25) is 4.79 Å². The van der Waals surface area contributed by atoms with Gasteiger partial charge in [0.1, 0.15) is 0 Å². The first-order valence-corrected chi connectivity index (χ1v) is 7.36. The molecular weight excluding hydrogens is 250 g/mol.